The number of hydrogen-bond acceptors (Lipinski definition) is 5. The maximum atomic E-state index is 12.8. The third kappa shape index (κ3) is 6.08. The molecule has 7 heteroatoms. The second-order valence-corrected chi connectivity index (χ2v) is 9.57. The standard InChI is InChI=1S/C30H26N4O2S/c1-21-11-15-25(16-12-21)34-29(23-8-6-7-22(2)19-23)32-33-30(34)37-20-28(35)31-24-13-17-27(18-14-24)36-26-9-4-3-5-10-26/h3-19H,20H2,1-2H3,(H,31,35). The highest BCUT2D eigenvalue weighted by atomic mass is 32.2. The lowest BCUT2D eigenvalue weighted by molar-refractivity contribution is -0.113. The second-order valence-electron chi connectivity index (χ2n) is 8.62. The van der Waals surface area contributed by atoms with Gasteiger partial charge in [-0.3, -0.25) is 9.36 Å². The summed E-state index contributed by atoms with van der Waals surface area (Å²) in [4.78, 5) is 12.8. The summed E-state index contributed by atoms with van der Waals surface area (Å²) < 4.78 is 7.82. The molecule has 1 aromatic heterocycles. The summed E-state index contributed by atoms with van der Waals surface area (Å²) in [6, 6.07) is 33.3. The third-order valence-corrected chi connectivity index (χ3v) is 6.58. The molecule has 0 bridgehead atoms. The second kappa shape index (κ2) is 11.1. The Hall–Kier alpha value is -4.36. The van der Waals surface area contributed by atoms with E-state index in [9.17, 15) is 4.79 Å². The third-order valence-electron chi connectivity index (χ3n) is 5.65. The number of thioether (sulfide) groups is 1. The largest absolute Gasteiger partial charge is 0.457 e. The van der Waals surface area contributed by atoms with E-state index in [2.05, 4.69) is 53.6 Å². The van der Waals surface area contributed by atoms with E-state index in [4.69, 9.17) is 4.74 Å². The summed E-state index contributed by atoms with van der Waals surface area (Å²) >= 11 is 1.35. The van der Waals surface area contributed by atoms with Gasteiger partial charge in [-0.15, -0.1) is 10.2 Å². The lowest BCUT2D eigenvalue weighted by Crippen LogP contribution is -2.14. The van der Waals surface area contributed by atoms with Crippen LogP contribution < -0.4 is 10.1 Å². The molecule has 4 aromatic carbocycles. The minimum absolute atomic E-state index is 0.128. The highest BCUT2D eigenvalue weighted by molar-refractivity contribution is 7.99. The lowest BCUT2D eigenvalue weighted by atomic mass is 10.1. The molecule has 1 N–H and O–H groups in total. The Kier molecular flexibility index (Phi) is 7.33. The first-order valence-electron chi connectivity index (χ1n) is 11.9. The van der Waals surface area contributed by atoms with Crippen LogP contribution in [0.4, 0.5) is 5.69 Å². The molecule has 0 atom stereocenters. The fourth-order valence-electron chi connectivity index (χ4n) is 3.82. The van der Waals surface area contributed by atoms with Crippen molar-refractivity contribution in [3.8, 4) is 28.6 Å². The Morgan fingerprint density at radius 3 is 2.27 bits per heavy atom. The quantitative estimate of drug-likeness (QED) is 0.228. The SMILES string of the molecule is Cc1ccc(-n2c(SCC(=O)Nc3ccc(Oc4ccccc4)cc3)nnc2-c2cccc(C)c2)cc1. The molecule has 0 saturated carbocycles. The molecule has 0 radical (unpaired) electrons. The van der Waals surface area contributed by atoms with E-state index in [1.807, 2.05) is 83.4 Å². The fourth-order valence-corrected chi connectivity index (χ4v) is 4.57. The number of ether oxygens (including phenoxy) is 1. The van der Waals surface area contributed by atoms with E-state index < -0.39 is 0 Å². The number of nitrogens with zero attached hydrogens (tertiary/aromatic N) is 3. The van der Waals surface area contributed by atoms with Gasteiger partial charge in [0, 0.05) is 16.9 Å². The van der Waals surface area contributed by atoms with Gasteiger partial charge in [-0.25, -0.2) is 0 Å². The number of rotatable bonds is 8. The molecule has 5 rings (SSSR count). The molecular formula is C30H26N4O2S. The Morgan fingerprint density at radius 1 is 0.811 bits per heavy atom. The number of aryl methyl sites for hydroxylation is 2. The van der Waals surface area contributed by atoms with Crippen LogP contribution in [0.2, 0.25) is 0 Å². The number of aromatic nitrogens is 3. The van der Waals surface area contributed by atoms with Crippen LogP contribution in [0.1, 0.15) is 11.1 Å². The zero-order chi connectivity index (χ0) is 25.6. The number of carbonyl (C=O) groups excluding carboxylic acids is 1. The van der Waals surface area contributed by atoms with Gasteiger partial charge < -0.3 is 10.1 Å². The predicted molar refractivity (Wildman–Crippen MR) is 149 cm³/mol. The molecule has 0 aliphatic rings. The number of carbonyl (C=O) groups is 1. The van der Waals surface area contributed by atoms with Crippen LogP contribution in [-0.2, 0) is 4.79 Å². The maximum absolute atomic E-state index is 12.8. The van der Waals surface area contributed by atoms with Crippen molar-refractivity contribution in [2.24, 2.45) is 0 Å². The van der Waals surface area contributed by atoms with Crippen LogP contribution in [0.3, 0.4) is 0 Å². The van der Waals surface area contributed by atoms with Crippen LogP contribution >= 0.6 is 11.8 Å². The van der Waals surface area contributed by atoms with Crippen LogP contribution in [0, 0.1) is 13.8 Å². The van der Waals surface area contributed by atoms with Crippen LogP contribution in [0.5, 0.6) is 11.5 Å². The minimum atomic E-state index is -0.128. The summed E-state index contributed by atoms with van der Waals surface area (Å²) in [7, 11) is 0. The van der Waals surface area contributed by atoms with Gasteiger partial charge in [0.15, 0.2) is 11.0 Å². The highest BCUT2D eigenvalue weighted by Gasteiger charge is 2.17. The van der Waals surface area contributed by atoms with Gasteiger partial charge in [0.1, 0.15) is 11.5 Å². The van der Waals surface area contributed by atoms with Gasteiger partial charge in [0.05, 0.1) is 5.75 Å². The fraction of sp³-hybridized carbons (Fsp3) is 0.100. The highest BCUT2D eigenvalue weighted by Crippen LogP contribution is 2.29. The Labute approximate surface area is 220 Å². The van der Waals surface area contributed by atoms with E-state index in [0.717, 1.165) is 28.4 Å². The number of hydrogen-bond donors (Lipinski definition) is 1. The molecule has 0 unspecified atom stereocenters. The average Bonchev–Trinajstić information content (AvgIpc) is 3.34. The first kappa shape index (κ1) is 24.3. The van der Waals surface area contributed by atoms with E-state index in [0.29, 0.717) is 16.6 Å². The van der Waals surface area contributed by atoms with Gasteiger partial charge in [-0.05, 0) is 68.4 Å². The smallest absolute Gasteiger partial charge is 0.234 e. The summed E-state index contributed by atoms with van der Waals surface area (Å²) in [5.74, 6) is 2.27. The number of amides is 1. The molecule has 0 aliphatic carbocycles. The molecule has 37 heavy (non-hydrogen) atoms. The van der Waals surface area contributed by atoms with E-state index >= 15 is 0 Å². The topological polar surface area (TPSA) is 69.0 Å². The summed E-state index contributed by atoms with van der Waals surface area (Å²) in [5.41, 5.74) is 4.94. The van der Waals surface area contributed by atoms with Crippen LogP contribution in [0.15, 0.2) is 108 Å². The lowest BCUT2D eigenvalue weighted by Gasteiger charge is -2.11. The van der Waals surface area contributed by atoms with E-state index in [-0.39, 0.29) is 11.7 Å². The van der Waals surface area contributed by atoms with Crippen molar-refractivity contribution >= 4 is 23.4 Å². The summed E-state index contributed by atoms with van der Waals surface area (Å²) in [6.45, 7) is 4.11. The average molecular weight is 507 g/mol. The molecule has 0 fully saturated rings. The number of para-hydroxylation sites is 1. The van der Waals surface area contributed by atoms with Gasteiger partial charge in [0.2, 0.25) is 5.91 Å². The van der Waals surface area contributed by atoms with Crippen LogP contribution in [0.25, 0.3) is 17.1 Å². The molecule has 1 heterocycles. The molecule has 5 aromatic rings. The number of benzene rings is 4. The molecule has 0 saturated heterocycles. The van der Waals surface area contributed by atoms with E-state index in [1.54, 1.807) is 0 Å². The van der Waals surface area contributed by atoms with Crippen LogP contribution in [-0.4, -0.2) is 26.4 Å². The monoisotopic (exact) mass is 506 g/mol. The van der Waals surface area contributed by atoms with Gasteiger partial charge in [0.25, 0.3) is 0 Å². The molecule has 0 aliphatic heterocycles. The molecule has 6 nitrogen and oxygen atoms in total. The van der Waals surface area contributed by atoms with Crippen molar-refractivity contribution in [2.75, 3.05) is 11.1 Å². The Balaban J connectivity index is 1.29. The van der Waals surface area contributed by atoms with Crippen molar-refractivity contribution in [3.63, 3.8) is 0 Å². The molecule has 0 spiro atoms. The van der Waals surface area contributed by atoms with Gasteiger partial charge >= 0.3 is 0 Å². The summed E-state index contributed by atoms with van der Waals surface area (Å²) in [5, 5.41) is 12.5. The maximum Gasteiger partial charge on any atom is 0.234 e. The minimum Gasteiger partial charge on any atom is -0.457 e. The van der Waals surface area contributed by atoms with Gasteiger partial charge in [-0.2, -0.15) is 0 Å². The van der Waals surface area contributed by atoms with Crippen molar-refractivity contribution in [2.45, 2.75) is 19.0 Å². The Morgan fingerprint density at radius 2 is 1.54 bits per heavy atom. The first-order valence-corrected chi connectivity index (χ1v) is 12.9. The summed E-state index contributed by atoms with van der Waals surface area (Å²) in [6.07, 6.45) is 0. The zero-order valence-corrected chi connectivity index (χ0v) is 21.4. The predicted octanol–water partition coefficient (Wildman–Crippen LogP) is 7.07. The van der Waals surface area contributed by atoms with Crippen molar-refractivity contribution in [1.82, 2.24) is 14.8 Å². The molecule has 184 valence electrons. The van der Waals surface area contributed by atoms with Gasteiger partial charge in [-0.1, -0.05) is 71.4 Å². The molecule has 1 amide bonds. The first-order chi connectivity index (χ1) is 18.0. The Bertz CT molecular complexity index is 1500. The molecular weight excluding hydrogens is 480 g/mol. The van der Waals surface area contributed by atoms with E-state index in [1.165, 1.54) is 17.3 Å². The number of nitrogens with one attached hydrogen (secondary N) is 1. The number of anilines is 1. The zero-order valence-electron chi connectivity index (χ0n) is 20.6. The normalized spacial score (nSPS) is 10.8. The van der Waals surface area contributed by atoms with Crippen molar-refractivity contribution in [1.29, 1.82) is 0 Å². The van der Waals surface area contributed by atoms with Crippen molar-refractivity contribution < 1.29 is 9.53 Å². The van der Waals surface area contributed by atoms with Crippen molar-refractivity contribution in [3.05, 3.63) is 114 Å².